The number of hydrogen-bond donors (Lipinski definition) is 3. The average Bonchev–Trinajstić information content (AvgIpc) is 2.09. The molecule has 0 saturated heterocycles. The van der Waals surface area contributed by atoms with Crippen LogP contribution in [0.4, 0.5) is 0 Å². The van der Waals surface area contributed by atoms with Gasteiger partial charge in [0.1, 0.15) is 0 Å². The zero-order valence-electron chi connectivity index (χ0n) is 5.16. The Bertz CT molecular complexity index is 238. The van der Waals surface area contributed by atoms with Gasteiger partial charge in [0.25, 0.3) is 5.75 Å². The van der Waals surface area contributed by atoms with Crippen LogP contribution in [0.5, 0.6) is 23.4 Å². The number of aromatic hydroxyl groups is 3. The lowest BCUT2D eigenvalue weighted by Crippen LogP contribution is -1.78. The molecule has 0 aromatic carbocycles. The van der Waals surface area contributed by atoms with E-state index in [9.17, 15) is 0 Å². The summed E-state index contributed by atoms with van der Waals surface area (Å²) in [5, 5.41) is 26.1. The predicted molar refractivity (Wildman–Crippen MR) is 30.3 cm³/mol. The minimum atomic E-state index is -0.755. The van der Waals surface area contributed by atoms with Gasteiger partial charge in [-0.15, -0.1) is 0 Å². The van der Waals surface area contributed by atoms with Crippen LogP contribution >= 0.6 is 0 Å². The molecule has 1 rings (SSSR count). The summed E-state index contributed by atoms with van der Waals surface area (Å²) in [7, 11) is 1.23. The molecule has 1 aromatic heterocycles. The second-order valence-electron chi connectivity index (χ2n) is 1.59. The maximum absolute atomic E-state index is 8.79. The molecule has 0 fully saturated rings. The first-order valence-corrected chi connectivity index (χ1v) is 2.44. The summed E-state index contributed by atoms with van der Waals surface area (Å²) >= 11 is 0. The zero-order chi connectivity index (χ0) is 7.72. The third-order valence-corrected chi connectivity index (χ3v) is 1.01. The molecular weight excluding hydrogens is 140 g/mol. The molecule has 3 N–H and O–H groups in total. The second-order valence-corrected chi connectivity index (χ2v) is 1.59. The van der Waals surface area contributed by atoms with Crippen molar-refractivity contribution in [1.29, 1.82) is 0 Å². The summed E-state index contributed by atoms with van der Waals surface area (Å²) in [5.41, 5.74) is 0. The minimum absolute atomic E-state index is 0.266. The van der Waals surface area contributed by atoms with E-state index in [1.54, 1.807) is 0 Å². The predicted octanol–water partition coefficient (Wildman–Crippen LogP) is 0.405. The van der Waals surface area contributed by atoms with Crippen molar-refractivity contribution in [3.05, 3.63) is 0 Å². The lowest BCUT2D eigenvalue weighted by Gasteiger charge is -1.92. The quantitative estimate of drug-likeness (QED) is 0.534. The third kappa shape index (κ3) is 0.717. The van der Waals surface area contributed by atoms with Gasteiger partial charge in [-0.3, -0.25) is 0 Å². The van der Waals surface area contributed by atoms with Gasteiger partial charge in [-0.25, -0.2) is 0 Å². The van der Waals surface area contributed by atoms with Crippen molar-refractivity contribution >= 4 is 0 Å². The van der Waals surface area contributed by atoms with Gasteiger partial charge in [0.05, 0.1) is 7.11 Å². The molecule has 0 aliphatic carbocycles. The van der Waals surface area contributed by atoms with E-state index in [1.165, 1.54) is 7.11 Å². The lowest BCUT2D eigenvalue weighted by atomic mass is 10.5. The van der Waals surface area contributed by atoms with E-state index in [0.717, 1.165) is 0 Å². The van der Waals surface area contributed by atoms with E-state index >= 15 is 0 Å². The van der Waals surface area contributed by atoms with E-state index in [4.69, 9.17) is 15.3 Å². The first-order chi connectivity index (χ1) is 4.66. The van der Waals surface area contributed by atoms with Gasteiger partial charge in [0.2, 0.25) is 5.75 Å². The smallest absolute Gasteiger partial charge is 0.333 e. The first kappa shape index (κ1) is 6.60. The van der Waals surface area contributed by atoms with Crippen LogP contribution in [0, 0.1) is 0 Å². The van der Waals surface area contributed by atoms with E-state index in [0.29, 0.717) is 0 Å². The van der Waals surface area contributed by atoms with Gasteiger partial charge in [-0.05, 0) is 0 Å². The molecule has 56 valence electrons. The van der Waals surface area contributed by atoms with Gasteiger partial charge >= 0.3 is 11.9 Å². The van der Waals surface area contributed by atoms with Crippen LogP contribution in [0.15, 0.2) is 4.42 Å². The largest absolute Gasteiger partial charge is 0.499 e. The number of methoxy groups -OCH3 is 1. The fourth-order valence-electron chi connectivity index (χ4n) is 0.569. The molecule has 5 heteroatoms. The topological polar surface area (TPSA) is 83.1 Å². The molecule has 5 nitrogen and oxygen atoms in total. The maximum Gasteiger partial charge on any atom is 0.333 e. The summed E-state index contributed by atoms with van der Waals surface area (Å²) < 4.78 is 8.62. The molecule has 0 aliphatic rings. The molecule has 0 aliphatic heterocycles. The van der Waals surface area contributed by atoms with Crippen molar-refractivity contribution in [3.8, 4) is 23.4 Å². The first-order valence-electron chi connectivity index (χ1n) is 2.44. The van der Waals surface area contributed by atoms with E-state index in [1.807, 2.05) is 0 Å². The minimum Gasteiger partial charge on any atom is -0.499 e. The Morgan fingerprint density at radius 2 is 1.80 bits per heavy atom. The Morgan fingerprint density at radius 3 is 2.00 bits per heavy atom. The van der Waals surface area contributed by atoms with Gasteiger partial charge in [-0.1, -0.05) is 0 Å². The highest BCUT2D eigenvalue weighted by atomic mass is 16.6. The van der Waals surface area contributed by atoms with Gasteiger partial charge < -0.3 is 24.5 Å². The van der Waals surface area contributed by atoms with Gasteiger partial charge in [0, 0.05) is 0 Å². The van der Waals surface area contributed by atoms with Crippen LogP contribution in [0.1, 0.15) is 0 Å². The Kier molecular flexibility index (Phi) is 1.33. The van der Waals surface area contributed by atoms with Crippen LogP contribution in [0.3, 0.4) is 0 Å². The average molecular weight is 146 g/mol. The van der Waals surface area contributed by atoms with Crippen molar-refractivity contribution in [2.75, 3.05) is 7.11 Å². The van der Waals surface area contributed by atoms with Crippen LogP contribution < -0.4 is 4.74 Å². The number of rotatable bonds is 1. The maximum atomic E-state index is 8.79. The molecule has 1 heterocycles. The van der Waals surface area contributed by atoms with Crippen LogP contribution in [0.2, 0.25) is 0 Å². The fraction of sp³-hybridized carbons (Fsp3) is 0.200. The van der Waals surface area contributed by atoms with Crippen molar-refractivity contribution in [2.45, 2.75) is 0 Å². The monoisotopic (exact) mass is 146 g/mol. The summed E-state index contributed by atoms with van der Waals surface area (Å²) in [6.07, 6.45) is 0. The van der Waals surface area contributed by atoms with Crippen LogP contribution in [-0.2, 0) is 0 Å². The summed E-state index contributed by atoms with van der Waals surface area (Å²) in [6, 6.07) is 0. The molecule has 0 amide bonds. The Labute approximate surface area is 56.1 Å². The second kappa shape index (κ2) is 2.02. The molecule has 0 radical (unpaired) electrons. The molecular formula is C5H6O5. The highest BCUT2D eigenvalue weighted by Gasteiger charge is 2.19. The zero-order valence-corrected chi connectivity index (χ0v) is 5.16. The standard InChI is InChI=1S/C5H6O5/c1-9-3-2(6)4(7)10-5(3)8/h6-8H,1H3. The van der Waals surface area contributed by atoms with Crippen molar-refractivity contribution in [1.82, 2.24) is 0 Å². The fourth-order valence-corrected chi connectivity index (χ4v) is 0.569. The van der Waals surface area contributed by atoms with Crippen molar-refractivity contribution in [3.63, 3.8) is 0 Å². The SMILES string of the molecule is COc1c(O)oc(O)c1O. The number of ether oxygens (including phenoxy) is 1. The lowest BCUT2D eigenvalue weighted by molar-refractivity contribution is 0.251. The number of furan rings is 1. The Morgan fingerprint density at radius 1 is 1.20 bits per heavy atom. The van der Waals surface area contributed by atoms with Crippen molar-refractivity contribution in [2.24, 2.45) is 0 Å². The third-order valence-electron chi connectivity index (χ3n) is 1.01. The molecule has 0 bridgehead atoms. The Balaban J connectivity index is 3.20. The normalized spacial score (nSPS) is 9.70. The molecule has 0 unspecified atom stereocenters. The molecule has 10 heavy (non-hydrogen) atoms. The Hall–Kier alpha value is -1.52. The molecule has 0 saturated carbocycles. The molecule has 0 atom stereocenters. The van der Waals surface area contributed by atoms with Crippen LogP contribution in [0.25, 0.3) is 0 Å². The van der Waals surface area contributed by atoms with E-state index in [-0.39, 0.29) is 5.75 Å². The summed E-state index contributed by atoms with van der Waals surface area (Å²) in [6.45, 7) is 0. The number of hydrogen-bond acceptors (Lipinski definition) is 5. The van der Waals surface area contributed by atoms with E-state index in [2.05, 4.69) is 9.15 Å². The van der Waals surface area contributed by atoms with Gasteiger partial charge in [-0.2, -0.15) is 0 Å². The van der Waals surface area contributed by atoms with Crippen LogP contribution in [-0.4, -0.2) is 22.4 Å². The summed E-state index contributed by atoms with van der Waals surface area (Å²) in [4.78, 5) is 0. The highest BCUT2D eigenvalue weighted by molar-refractivity contribution is 5.50. The summed E-state index contributed by atoms with van der Waals surface area (Å²) in [5.74, 6) is -2.26. The van der Waals surface area contributed by atoms with Gasteiger partial charge in [0.15, 0.2) is 0 Å². The molecule has 0 spiro atoms. The highest BCUT2D eigenvalue weighted by Crippen LogP contribution is 2.45. The molecule has 1 aromatic rings. The van der Waals surface area contributed by atoms with Crippen molar-refractivity contribution < 1.29 is 24.5 Å². The van der Waals surface area contributed by atoms with E-state index < -0.39 is 17.6 Å².